The third-order valence-electron chi connectivity index (χ3n) is 7.32. The summed E-state index contributed by atoms with van der Waals surface area (Å²) in [5.41, 5.74) is 1.66. The lowest BCUT2D eigenvalue weighted by molar-refractivity contribution is -0.137. The van der Waals surface area contributed by atoms with Crippen LogP contribution < -0.4 is 9.47 Å². The molecule has 0 heterocycles. The molecule has 5 nitrogen and oxygen atoms in total. The third kappa shape index (κ3) is 8.27. The fraction of sp³-hybridized carbons (Fsp3) is 0.289. The van der Waals surface area contributed by atoms with Crippen LogP contribution in [0.5, 0.6) is 11.5 Å². The summed E-state index contributed by atoms with van der Waals surface area (Å²) in [7, 11) is 0. The number of ether oxygens (including phenoxy) is 2. The van der Waals surface area contributed by atoms with E-state index in [4.69, 9.17) is 9.47 Å². The maximum Gasteiger partial charge on any atom is 0.313 e. The van der Waals surface area contributed by atoms with Crippen molar-refractivity contribution in [2.75, 3.05) is 0 Å². The topological polar surface area (TPSA) is 69.7 Å². The second-order valence-corrected chi connectivity index (χ2v) is 13.2. The Labute approximate surface area is 275 Å². The molecular formula is C38H40O5S2. The molecule has 1 unspecified atom stereocenters. The Bertz CT molecular complexity index is 1610. The normalized spacial score (nSPS) is 14.0. The van der Waals surface area contributed by atoms with Gasteiger partial charge in [-0.05, 0) is 80.8 Å². The van der Waals surface area contributed by atoms with Gasteiger partial charge in [0.15, 0.2) is 11.6 Å². The van der Waals surface area contributed by atoms with Crippen molar-refractivity contribution in [1.29, 1.82) is 0 Å². The van der Waals surface area contributed by atoms with Crippen molar-refractivity contribution in [1.82, 2.24) is 0 Å². The number of carbonyl (C=O) groups is 3. The molecule has 7 heteroatoms. The molecule has 0 aliphatic heterocycles. The maximum absolute atomic E-state index is 14.1. The van der Waals surface area contributed by atoms with Gasteiger partial charge in [-0.2, -0.15) is 0 Å². The first-order valence-corrected chi connectivity index (χ1v) is 17.0. The molecule has 45 heavy (non-hydrogen) atoms. The van der Waals surface area contributed by atoms with Crippen molar-refractivity contribution in [3.8, 4) is 11.5 Å². The van der Waals surface area contributed by atoms with Crippen LogP contribution in [0.2, 0.25) is 0 Å². The van der Waals surface area contributed by atoms with Crippen molar-refractivity contribution in [2.24, 2.45) is 5.92 Å². The first kappa shape index (κ1) is 34.1. The number of fused-ring (bicyclic) bond motifs is 1. The quantitative estimate of drug-likeness (QED) is 0.0751. The van der Waals surface area contributed by atoms with Gasteiger partial charge in [0.25, 0.3) is 0 Å². The van der Waals surface area contributed by atoms with Crippen molar-refractivity contribution in [3.63, 3.8) is 0 Å². The summed E-state index contributed by atoms with van der Waals surface area (Å²) in [5, 5.41) is 0. The zero-order chi connectivity index (χ0) is 32.5. The number of allylic oxidation sites excluding steroid dienone is 4. The van der Waals surface area contributed by atoms with E-state index in [1.54, 1.807) is 38.1 Å². The lowest BCUT2D eigenvalue weighted by Crippen LogP contribution is -2.23. The highest BCUT2D eigenvalue weighted by Crippen LogP contribution is 2.43. The highest BCUT2D eigenvalue weighted by atomic mass is 32.2. The van der Waals surface area contributed by atoms with E-state index in [9.17, 15) is 14.4 Å². The molecule has 0 saturated carbocycles. The largest absolute Gasteiger partial charge is 0.490 e. The maximum atomic E-state index is 14.1. The molecule has 1 atom stereocenters. The molecule has 0 radical (unpaired) electrons. The van der Waals surface area contributed by atoms with Crippen LogP contribution in [0.15, 0.2) is 116 Å². The molecule has 0 fully saturated rings. The van der Waals surface area contributed by atoms with E-state index >= 15 is 0 Å². The van der Waals surface area contributed by atoms with Gasteiger partial charge in [0, 0.05) is 41.9 Å². The second kappa shape index (κ2) is 16.0. The van der Waals surface area contributed by atoms with Gasteiger partial charge in [-0.3, -0.25) is 14.4 Å². The molecule has 0 aromatic heterocycles. The van der Waals surface area contributed by atoms with Gasteiger partial charge < -0.3 is 9.47 Å². The highest BCUT2D eigenvalue weighted by molar-refractivity contribution is 8.03. The molecule has 4 rings (SSSR count). The predicted octanol–water partition coefficient (Wildman–Crippen LogP) is 10.3. The van der Waals surface area contributed by atoms with E-state index in [2.05, 4.69) is 20.4 Å². The van der Waals surface area contributed by atoms with Crippen LogP contribution >= 0.6 is 23.5 Å². The first-order chi connectivity index (χ1) is 21.7. The van der Waals surface area contributed by atoms with Crippen molar-refractivity contribution in [3.05, 3.63) is 113 Å². The Morgan fingerprint density at radius 1 is 0.911 bits per heavy atom. The lowest BCUT2D eigenvalue weighted by atomic mass is 9.82. The van der Waals surface area contributed by atoms with Crippen LogP contribution in [0.4, 0.5) is 0 Å². The fourth-order valence-corrected chi connectivity index (χ4v) is 6.88. The molecule has 3 aromatic carbocycles. The molecule has 0 N–H and O–H groups in total. The molecule has 1 aliphatic rings. The van der Waals surface area contributed by atoms with Gasteiger partial charge in [0.1, 0.15) is 11.5 Å². The van der Waals surface area contributed by atoms with E-state index in [1.807, 2.05) is 61.5 Å². The van der Waals surface area contributed by atoms with E-state index in [1.165, 1.54) is 23.5 Å². The number of esters is 1. The van der Waals surface area contributed by atoms with Crippen LogP contribution in [-0.2, 0) is 4.79 Å². The first-order valence-electron chi connectivity index (χ1n) is 15.4. The Kier molecular flexibility index (Phi) is 12.1. The molecule has 0 spiro atoms. The minimum absolute atomic E-state index is 0.163. The molecule has 3 aromatic rings. The predicted molar refractivity (Wildman–Crippen MR) is 184 cm³/mol. The monoisotopic (exact) mass is 640 g/mol. The summed E-state index contributed by atoms with van der Waals surface area (Å²) in [6.07, 6.45) is 7.02. The Morgan fingerprint density at radius 3 is 2.18 bits per heavy atom. The minimum atomic E-state index is -0.301. The lowest BCUT2D eigenvalue weighted by Gasteiger charge is -2.24. The minimum Gasteiger partial charge on any atom is -0.490 e. The number of rotatable bonds is 14. The summed E-state index contributed by atoms with van der Waals surface area (Å²) in [6.45, 7) is 13.6. The SMILES string of the molecule is C=CCC1=C(/C(=C\C)Sc2ccc(OC(=O)C(C)C)cc2)C(=O)c2cccc(Sc3ccc(OC(CC)CCC)cc3)c2C1=O. The van der Waals surface area contributed by atoms with E-state index in [0.717, 1.165) is 39.7 Å². The number of carbonyl (C=O) groups excluding carboxylic acids is 3. The summed E-state index contributed by atoms with van der Waals surface area (Å²) in [6, 6.07) is 20.5. The third-order valence-corrected chi connectivity index (χ3v) is 9.56. The Hall–Kier alpha value is -3.81. The summed E-state index contributed by atoms with van der Waals surface area (Å²) >= 11 is 2.86. The van der Waals surface area contributed by atoms with Crippen LogP contribution in [-0.4, -0.2) is 23.6 Å². The number of hydrogen-bond acceptors (Lipinski definition) is 7. The average Bonchev–Trinajstić information content (AvgIpc) is 3.04. The summed E-state index contributed by atoms with van der Waals surface area (Å²) in [5.74, 6) is 0.401. The highest BCUT2D eigenvalue weighted by Gasteiger charge is 2.35. The Balaban J connectivity index is 1.61. The standard InChI is InChI=1S/C38H40O5S2/c1-7-12-25(9-3)42-26-16-20-29(21-17-26)45-33-15-11-14-31-35(33)36(39)30(13-8-2)34(37(31)40)32(10-4)44-28-22-18-27(19-23-28)43-38(41)24(5)6/h8,10-11,14-25H,2,7,9,12-13H2,1,3-6H3/b32-10+. The van der Waals surface area contributed by atoms with Crippen LogP contribution in [0.1, 0.15) is 81.0 Å². The van der Waals surface area contributed by atoms with Gasteiger partial charge in [-0.15, -0.1) is 6.58 Å². The summed E-state index contributed by atoms with van der Waals surface area (Å²) in [4.78, 5) is 43.5. The van der Waals surface area contributed by atoms with Gasteiger partial charge in [-0.1, -0.05) is 81.9 Å². The molecule has 1 aliphatic carbocycles. The summed E-state index contributed by atoms with van der Waals surface area (Å²) < 4.78 is 11.5. The number of ketones is 2. The van der Waals surface area contributed by atoms with Crippen molar-refractivity contribution < 1.29 is 23.9 Å². The average molecular weight is 641 g/mol. The van der Waals surface area contributed by atoms with Gasteiger partial charge in [0.05, 0.1) is 12.0 Å². The van der Waals surface area contributed by atoms with Gasteiger partial charge >= 0.3 is 5.97 Å². The zero-order valence-corrected chi connectivity index (χ0v) is 28.2. The molecule has 0 saturated heterocycles. The van der Waals surface area contributed by atoms with E-state index in [-0.39, 0.29) is 36.0 Å². The Morgan fingerprint density at radius 2 is 1.58 bits per heavy atom. The smallest absolute Gasteiger partial charge is 0.313 e. The van der Waals surface area contributed by atoms with Crippen LogP contribution in [0.3, 0.4) is 0 Å². The van der Waals surface area contributed by atoms with E-state index < -0.39 is 0 Å². The van der Waals surface area contributed by atoms with Crippen LogP contribution in [0, 0.1) is 5.92 Å². The number of benzene rings is 3. The van der Waals surface area contributed by atoms with Crippen molar-refractivity contribution in [2.45, 2.75) is 81.1 Å². The van der Waals surface area contributed by atoms with E-state index in [0.29, 0.717) is 32.9 Å². The molecule has 0 bridgehead atoms. The van der Waals surface area contributed by atoms with Gasteiger partial charge in [-0.25, -0.2) is 0 Å². The zero-order valence-electron chi connectivity index (χ0n) is 26.6. The molecule has 234 valence electrons. The fourth-order valence-electron chi connectivity index (χ4n) is 4.94. The number of hydrogen-bond donors (Lipinski definition) is 0. The number of Topliss-reactive ketones (excluding diaryl/α,β-unsaturated/α-hetero) is 2. The molecular weight excluding hydrogens is 601 g/mol. The van der Waals surface area contributed by atoms with Crippen molar-refractivity contribution >= 4 is 41.1 Å². The van der Waals surface area contributed by atoms with Crippen LogP contribution in [0.25, 0.3) is 0 Å². The molecule has 0 amide bonds. The van der Waals surface area contributed by atoms with Gasteiger partial charge in [0.2, 0.25) is 0 Å². The number of thioether (sulfide) groups is 1. The second-order valence-electron chi connectivity index (χ2n) is 11.0.